The highest BCUT2D eigenvalue weighted by molar-refractivity contribution is 5.63. The number of carbonyl (C=O) groups excluding carboxylic acids is 1. The normalized spacial score (nSPS) is 18.7. The van der Waals surface area contributed by atoms with Gasteiger partial charge in [-0.15, -0.1) is 0 Å². The molecule has 0 saturated heterocycles. The molecular formula is C14H16F4O3. The van der Waals surface area contributed by atoms with E-state index in [9.17, 15) is 27.5 Å². The van der Waals surface area contributed by atoms with E-state index in [0.717, 1.165) is 39.2 Å². The molecule has 0 aliphatic rings. The van der Waals surface area contributed by atoms with Crippen LogP contribution in [0, 0.1) is 5.82 Å². The van der Waals surface area contributed by atoms with E-state index in [4.69, 9.17) is 4.74 Å². The summed E-state index contributed by atoms with van der Waals surface area (Å²) < 4.78 is 59.8. The zero-order chi connectivity index (χ0) is 16.4. The summed E-state index contributed by atoms with van der Waals surface area (Å²) in [6.07, 6.45) is -6.14. The summed E-state index contributed by atoms with van der Waals surface area (Å²) >= 11 is 0. The number of hydrogen-bond acceptors (Lipinski definition) is 3. The van der Waals surface area contributed by atoms with Gasteiger partial charge >= 0.3 is 0 Å². The molecule has 0 heterocycles. The van der Waals surface area contributed by atoms with Gasteiger partial charge in [-0.2, -0.15) is 0 Å². The number of halogens is 4. The first-order valence-electron chi connectivity index (χ1n) is 6.06. The van der Waals surface area contributed by atoms with Gasteiger partial charge in [0.05, 0.1) is 12.5 Å². The standard InChI is InChI=1S/C14H16F4O3/c1-13(20,7-19)11(16)14(2,12(17)18)8-5-4-6-9(15)10(8)21-3/h4-7,11-12,20H,1-3H3. The molecule has 0 fully saturated rings. The number of methoxy groups -OCH3 is 1. The highest BCUT2D eigenvalue weighted by atomic mass is 19.3. The number of aldehydes is 1. The first kappa shape index (κ1) is 17.4. The Hall–Kier alpha value is -1.63. The molecule has 0 aliphatic carbocycles. The molecule has 118 valence electrons. The van der Waals surface area contributed by atoms with Crippen molar-refractivity contribution in [3.05, 3.63) is 29.6 Å². The Balaban J connectivity index is 3.56. The maximum atomic E-state index is 14.5. The summed E-state index contributed by atoms with van der Waals surface area (Å²) in [4.78, 5) is 10.7. The van der Waals surface area contributed by atoms with Crippen molar-refractivity contribution in [2.24, 2.45) is 0 Å². The fourth-order valence-corrected chi connectivity index (χ4v) is 2.17. The zero-order valence-corrected chi connectivity index (χ0v) is 11.7. The molecule has 0 aromatic heterocycles. The molecule has 3 nitrogen and oxygen atoms in total. The summed E-state index contributed by atoms with van der Waals surface area (Å²) in [5.74, 6) is -1.50. The first-order valence-corrected chi connectivity index (χ1v) is 6.06. The number of para-hydroxylation sites is 1. The van der Waals surface area contributed by atoms with Crippen LogP contribution in [0.5, 0.6) is 5.75 Å². The van der Waals surface area contributed by atoms with Crippen molar-refractivity contribution < 1.29 is 32.2 Å². The number of benzene rings is 1. The Morgan fingerprint density at radius 1 is 1.29 bits per heavy atom. The van der Waals surface area contributed by atoms with Crippen LogP contribution in [0.2, 0.25) is 0 Å². The molecule has 0 aliphatic heterocycles. The highest BCUT2D eigenvalue weighted by Crippen LogP contribution is 2.44. The molecule has 0 saturated carbocycles. The van der Waals surface area contributed by atoms with Crippen LogP contribution in [0.15, 0.2) is 18.2 Å². The van der Waals surface area contributed by atoms with Gasteiger partial charge in [-0.25, -0.2) is 17.6 Å². The molecule has 1 rings (SSSR count). The topological polar surface area (TPSA) is 46.5 Å². The van der Waals surface area contributed by atoms with E-state index in [1.165, 1.54) is 0 Å². The molecule has 1 N–H and O–H groups in total. The number of aliphatic hydroxyl groups is 1. The van der Waals surface area contributed by atoms with Crippen LogP contribution in [0.4, 0.5) is 17.6 Å². The van der Waals surface area contributed by atoms with Gasteiger partial charge in [-0.3, -0.25) is 0 Å². The summed E-state index contributed by atoms with van der Waals surface area (Å²) in [6.45, 7) is 1.58. The minimum Gasteiger partial charge on any atom is -0.493 e. The van der Waals surface area contributed by atoms with E-state index >= 15 is 0 Å². The van der Waals surface area contributed by atoms with Crippen LogP contribution < -0.4 is 4.74 Å². The zero-order valence-electron chi connectivity index (χ0n) is 11.7. The number of rotatable bonds is 6. The summed E-state index contributed by atoms with van der Waals surface area (Å²) in [7, 11) is 1.05. The Kier molecular flexibility index (Phi) is 4.99. The molecule has 21 heavy (non-hydrogen) atoms. The monoisotopic (exact) mass is 308 g/mol. The lowest BCUT2D eigenvalue weighted by molar-refractivity contribution is -0.138. The Morgan fingerprint density at radius 3 is 2.29 bits per heavy atom. The largest absolute Gasteiger partial charge is 0.493 e. The van der Waals surface area contributed by atoms with Crippen molar-refractivity contribution in [3.63, 3.8) is 0 Å². The van der Waals surface area contributed by atoms with E-state index < -0.39 is 40.7 Å². The number of alkyl halides is 3. The molecule has 1 aromatic carbocycles. The van der Waals surface area contributed by atoms with Gasteiger partial charge in [0.15, 0.2) is 24.0 Å². The van der Waals surface area contributed by atoms with E-state index in [-0.39, 0.29) is 6.29 Å². The van der Waals surface area contributed by atoms with Gasteiger partial charge in [0.2, 0.25) is 0 Å². The van der Waals surface area contributed by atoms with Crippen LogP contribution >= 0.6 is 0 Å². The SMILES string of the molecule is COc1c(F)cccc1C(C)(C(F)F)C(F)C(C)(O)C=O. The molecule has 3 atom stereocenters. The Bertz CT molecular complexity index is 519. The van der Waals surface area contributed by atoms with Crippen molar-refractivity contribution in [1.82, 2.24) is 0 Å². The lowest BCUT2D eigenvalue weighted by Gasteiger charge is -2.38. The first-order chi connectivity index (χ1) is 9.62. The van der Waals surface area contributed by atoms with Gasteiger partial charge in [0.25, 0.3) is 6.43 Å². The maximum absolute atomic E-state index is 14.5. The van der Waals surface area contributed by atoms with Crippen molar-refractivity contribution in [3.8, 4) is 5.75 Å². The predicted octanol–water partition coefficient (Wildman–Crippen LogP) is 2.65. The van der Waals surface area contributed by atoms with Crippen molar-refractivity contribution in [2.45, 2.75) is 37.5 Å². The third-order valence-corrected chi connectivity index (χ3v) is 3.48. The average Bonchev–Trinajstić information content (AvgIpc) is 2.44. The van der Waals surface area contributed by atoms with Crippen LogP contribution in [-0.4, -0.2) is 36.7 Å². The van der Waals surface area contributed by atoms with Gasteiger partial charge in [-0.05, 0) is 19.9 Å². The second-order valence-electron chi connectivity index (χ2n) is 5.11. The van der Waals surface area contributed by atoms with E-state index in [1.807, 2.05) is 0 Å². The second-order valence-corrected chi connectivity index (χ2v) is 5.11. The summed E-state index contributed by atoms with van der Waals surface area (Å²) in [5, 5.41) is 9.66. The number of carbonyl (C=O) groups is 1. The Labute approximate surface area is 119 Å². The minimum atomic E-state index is -3.31. The predicted molar refractivity (Wildman–Crippen MR) is 67.9 cm³/mol. The second kappa shape index (κ2) is 6.01. The molecule has 0 bridgehead atoms. The molecular weight excluding hydrogens is 292 g/mol. The van der Waals surface area contributed by atoms with Gasteiger partial charge in [0, 0.05) is 5.56 Å². The summed E-state index contributed by atoms with van der Waals surface area (Å²) in [5.41, 5.74) is -5.74. The van der Waals surface area contributed by atoms with E-state index in [1.54, 1.807) is 0 Å². The van der Waals surface area contributed by atoms with Crippen molar-refractivity contribution in [1.29, 1.82) is 0 Å². The molecule has 1 aromatic rings. The lowest BCUT2D eigenvalue weighted by atomic mass is 9.72. The van der Waals surface area contributed by atoms with Gasteiger partial charge in [0.1, 0.15) is 5.60 Å². The van der Waals surface area contributed by atoms with Crippen molar-refractivity contribution in [2.75, 3.05) is 7.11 Å². The van der Waals surface area contributed by atoms with E-state index in [2.05, 4.69) is 0 Å². The smallest absolute Gasteiger partial charge is 0.250 e. The summed E-state index contributed by atoms with van der Waals surface area (Å²) in [6, 6.07) is 3.16. The quantitative estimate of drug-likeness (QED) is 0.649. The molecule has 3 unspecified atom stereocenters. The van der Waals surface area contributed by atoms with Crippen LogP contribution in [0.25, 0.3) is 0 Å². The fraction of sp³-hybridized carbons (Fsp3) is 0.500. The van der Waals surface area contributed by atoms with Crippen LogP contribution in [-0.2, 0) is 10.2 Å². The molecule has 7 heteroatoms. The van der Waals surface area contributed by atoms with Crippen molar-refractivity contribution >= 4 is 6.29 Å². The fourth-order valence-electron chi connectivity index (χ4n) is 2.17. The maximum Gasteiger partial charge on any atom is 0.250 e. The lowest BCUT2D eigenvalue weighted by Crippen LogP contribution is -2.54. The third-order valence-electron chi connectivity index (χ3n) is 3.48. The van der Waals surface area contributed by atoms with Crippen LogP contribution in [0.1, 0.15) is 19.4 Å². The average molecular weight is 308 g/mol. The number of hydrogen-bond donors (Lipinski definition) is 1. The molecule has 0 amide bonds. The number of ether oxygens (including phenoxy) is 1. The minimum absolute atomic E-state index is 0.163. The van der Waals surface area contributed by atoms with E-state index in [0.29, 0.717) is 0 Å². The third kappa shape index (κ3) is 2.88. The van der Waals surface area contributed by atoms with Crippen LogP contribution in [0.3, 0.4) is 0 Å². The molecule has 0 spiro atoms. The van der Waals surface area contributed by atoms with Gasteiger partial charge in [-0.1, -0.05) is 12.1 Å². The molecule has 0 radical (unpaired) electrons. The highest BCUT2D eigenvalue weighted by Gasteiger charge is 2.54. The van der Waals surface area contributed by atoms with Gasteiger partial charge < -0.3 is 14.6 Å². The Morgan fingerprint density at radius 2 is 1.86 bits per heavy atom.